The summed E-state index contributed by atoms with van der Waals surface area (Å²) < 4.78 is 39.0. The van der Waals surface area contributed by atoms with Gasteiger partial charge in [0.2, 0.25) is 5.95 Å². The molecule has 1 heterocycles. The van der Waals surface area contributed by atoms with E-state index in [9.17, 15) is 17.6 Å². The van der Waals surface area contributed by atoms with Crippen molar-refractivity contribution in [2.45, 2.75) is 4.90 Å². The smallest absolute Gasteiger partial charge is 0.335 e. The van der Waals surface area contributed by atoms with E-state index in [2.05, 4.69) is 9.71 Å². The zero-order valence-electron chi connectivity index (χ0n) is 9.95. The van der Waals surface area contributed by atoms with Gasteiger partial charge >= 0.3 is 5.97 Å². The maximum absolute atomic E-state index is 12.9. The first kappa shape index (κ1) is 13.9. The molecule has 0 aliphatic carbocycles. The summed E-state index contributed by atoms with van der Waals surface area (Å²) in [6.45, 7) is 0. The van der Waals surface area contributed by atoms with Crippen molar-refractivity contribution in [2.24, 2.45) is 0 Å². The molecule has 0 amide bonds. The van der Waals surface area contributed by atoms with Gasteiger partial charge in [0.05, 0.1) is 10.5 Å². The van der Waals surface area contributed by atoms with E-state index in [-0.39, 0.29) is 16.3 Å². The number of pyridine rings is 1. The van der Waals surface area contributed by atoms with E-state index in [1.165, 1.54) is 30.3 Å². The molecular weight excluding hydrogens is 287 g/mol. The number of anilines is 1. The molecule has 8 heteroatoms. The second kappa shape index (κ2) is 5.25. The monoisotopic (exact) mass is 296 g/mol. The predicted molar refractivity (Wildman–Crippen MR) is 68.4 cm³/mol. The highest BCUT2D eigenvalue weighted by molar-refractivity contribution is 7.92. The van der Waals surface area contributed by atoms with Gasteiger partial charge in [0.15, 0.2) is 0 Å². The Morgan fingerprint density at radius 3 is 2.55 bits per heavy atom. The van der Waals surface area contributed by atoms with E-state index < -0.39 is 21.9 Å². The summed E-state index contributed by atoms with van der Waals surface area (Å²) in [4.78, 5) is 13.9. The minimum absolute atomic E-state index is 0.167. The number of nitrogens with zero attached hydrogens (tertiary/aromatic N) is 1. The first-order valence-corrected chi connectivity index (χ1v) is 6.85. The van der Waals surface area contributed by atoms with Crippen LogP contribution in [0, 0.1) is 5.95 Å². The maximum Gasteiger partial charge on any atom is 0.335 e. The second-order valence-electron chi connectivity index (χ2n) is 3.78. The summed E-state index contributed by atoms with van der Waals surface area (Å²) in [5.41, 5.74) is -0.167. The number of hydrogen-bond acceptors (Lipinski definition) is 4. The number of rotatable bonds is 4. The molecular formula is C12H9FN2O4S. The Bertz CT molecular complexity index is 762. The summed E-state index contributed by atoms with van der Waals surface area (Å²) in [6, 6.07) is 8.45. The molecule has 0 saturated heterocycles. The van der Waals surface area contributed by atoms with Crippen molar-refractivity contribution in [3.8, 4) is 0 Å². The number of carboxylic acids is 1. The van der Waals surface area contributed by atoms with E-state index in [1.54, 1.807) is 0 Å². The van der Waals surface area contributed by atoms with Crippen molar-refractivity contribution < 1.29 is 22.7 Å². The molecule has 0 spiro atoms. The molecule has 2 N–H and O–H groups in total. The Hall–Kier alpha value is -2.48. The largest absolute Gasteiger partial charge is 0.478 e. The highest BCUT2D eigenvalue weighted by Crippen LogP contribution is 2.16. The Kier molecular flexibility index (Phi) is 3.66. The van der Waals surface area contributed by atoms with Crippen LogP contribution in [0.3, 0.4) is 0 Å². The number of aromatic carboxylic acids is 1. The van der Waals surface area contributed by atoms with E-state index in [4.69, 9.17) is 5.11 Å². The van der Waals surface area contributed by atoms with Crippen molar-refractivity contribution >= 4 is 21.8 Å². The molecule has 0 aliphatic heterocycles. The molecule has 1 aromatic carbocycles. The lowest BCUT2D eigenvalue weighted by atomic mass is 10.2. The lowest BCUT2D eigenvalue weighted by Crippen LogP contribution is -2.14. The molecule has 20 heavy (non-hydrogen) atoms. The van der Waals surface area contributed by atoms with Crippen LogP contribution in [-0.4, -0.2) is 24.5 Å². The summed E-state index contributed by atoms with van der Waals surface area (Å²) in [5, 5.41) is 8.82. The quantitative estimate of drug-likeness (QED) is 0.837. The van der Waals surface area contributed by atoms with Crippen LogP contribution >= 0.6 is 0 Å². The number of aromatic nitrogens is 1. The van der Waals surface area contributed by atoms with Crippen LogP contribution in [0.5, 0.6) is 0 Å². The van der Waals surface area contributed by atoms with Gasteiger partial charge in [-0.2, -0.15) is 4.39 Å². The number of carboxylic acid groups (broad SMARTS) is 1. The van der Waals surface area contributed by atoms with Gasteiger partial charge in [-0.15, -0.1) is 0 Å². The topological polar surface area (TPSA) is 96.4 Å². The molecule has 1 aromatic heterocycles. The number of benzene rings is 1. The average Bonchev–Trinajstić information content (AvgIpc) is 2.38. The molecule has 2 aromatic rings. The Morgan fingerprint density at radius 2 is 1.90 bits per heavy atom. The van der Waals surface area contributed by atoms with Crippen LogP contribution < -0.4 is 4.72 Å². The van der Waals surface area contributed by atoms with Crippen LogP contribution in [0.2, 0.25) is 0 Å². The van der Waals surface area contributed by atoms with Gasteiger partial charge in [-0.05, 0) is 30.3 Å². The average molecular weight is 296 g/mol. The SMILES string of the molecule is O=C(O)c1cccc(S(=O)(=O)Nc2cccc(F)n2)c1. The molecule has 2 rings (SSSR count). The van der Waals surface area contributed by atoms with Crippen LogP contribution in [0.4, 0.5) is 10.2 Å². The van der Waals surface area contributed by atoms with E-state index in [0.717, 1.165) is 12.1 Å². The van der Waals surface area contributed by atoms with Crippen molar-refractivity contribution in [3.63, 3.8) is 0 Å². The first-order chi connectivity index (χ1) is 9.38. The molecule has 0 saturated carbocycles. The van der Waals surface area contributed by atoms with Gasteiger partial charge < -0.3 is 5.11 Å². The second-order valence-corrected chi connectivity index (χ2v) is 5.47. The third kappa shape index (κ3) is 3.09. The summed E-state index contributed by atoms with van der Waals surface area (Å²) in [6.07, 6.45) is 0. The lowest BCUT2D eigenvalue weighted by molar-refractivity contribution is 0.0696. The molecule has 0 unspecified atom stereocenters. The van der Waals surface area contributed by atoms with Crippen molar-refractivity contribution in [2.75, 3.05) is 4.72 Å². The first-order valence-electron chi connectivity index (χ1n) is 5.37. The summed E-state index contributed by atoms with van der Waals surface area (Å²) in [7, 11) is -4.03. The fourth-order valence-corrected chi connectivity index (χ4v) is 2.50. The standard InChI is InChI=1S/C12H9FN2O4S/c13-10-5-2-6-11(14-10)15-20(18,19)9-4-1-3-8(7-9)12(16)17/h1-7H,(H,14,15)(H,16,17). The third-order valence-electron chi connectivity index (χ3n) is 2.35. The van der Waals surface area contributed by atoms with E-state index in [1.807, 2.05) is 0 Å². The zero-order valence-corrected chi connectivity index (χ0v) is 10.8. The lowest BCUT2D eigenvalue weighted by Gasteiger charge is -2.07. The fourth-order valence-electron chi connectivity index (χ4n) is 1.46. The third-order valence-corrected chi connectivity index (χ3v) is 3.70. The number of hydrogen-bond donors (Lipinski definition) is 2. The number of halogens is 1. The molecule has 0 atom stereocenters. The Labute approximate surface area is 114 Å². The van der Waals surface area contributed by atoms with E-state index in [0.29, 0.717) is 0 Å². The van der Waals surface area contributed by atoms with Crippen molar-refractivity contribution in [3.05, 3.63) is 54.0 Å². The van der Waals surface area contributed by atoms with Crippen molar-refractivity contribution in [1.29, 1.82) is 0 Å². The van der Waals surface area contributed by atoms with Gasteiger partial charge in [0.25, 0.3) is 10.0 Å². The molecule has 6 nitrogen and oxygen atoms in total. The number of sulfonamides is 1. The predicted octanol–water partition coefficient (Wildman–Crippen LogP) is 1.72. The van der Waals surface area contributed by atoms with E-state index >= 15 is 0 Å². The molecule has 0 radical (unpaired) electrons. The van der Waals surface area contributed by atoms with Crippen molar-refractivity contribution in [1.82, 2.24) is 4.98 Å². The van der Waals surface area contributed by atoms with Crippen LogP contribution in [0.25, 0.3) is 0 Å². The minimum atomic E-state index is -4.03. The van der Waals surface area contributed by atoms with Gasteiger partial charge in [-0.3, -0.25) is 4.72 Å². The van der Waals surface area contributed by atoms with Crippen LogP contribution in [-0.2, 0) is 10.0 Å². The zero-order chi connectivity index (χ0) is 14.8. The highest BCUT2D eigenvalue weighted by Gasteiger charge is 2.17. The fraction of sp³-hybridized carbons (Fsp3) is 0. The maximum atomic E-state index is 12.9. The van der Waals surface area contributed by atoms with Crippen LogP contribution in [0.15, 0.2) is 47.4 Å². The summed E-state index contributed by atoms with van der Waals surface area (Å²) >= 11 is 0. The molecule has 0 fully saturated rings. The van der Waals surface area contributed by atoms with Gasteiger partial charge in [0.1, 0.15) is 5.82 Å². The molecule has 0 aliphatic rings. The van der Waals surface area contributed by atoms with Gasteiger partial charge in [-0.25, -0.2) is 18.2 Å². The van der Waals surface area contributed by atoms with Gasteiger partial charge in [0, 0.05) is 0 Å². The number of nitrogens with one attached hydrogen (secondary N) is 1. The summed E-state index contributed by atoms with van der Waals surface area (Å²) in [5.74, 6) is -2.26. The number of carbonyl (C=O) groups is 1. The molecule has 104 valence electrons. The Balaban J connectivity index is 2.35. The molecule has 0 bridgehead atoms. The van der Waals surface area contributed by atoms with Crippen LogP contribution in [0.1, 0.15) is 10.4 Å². The van der Waals surface area contributed by atoms with Gasteiger partial charge in [-0.1, -0.05) is 12.1 Å². The highest BCUT2D eigenvalue weighted by atomic mass is 32.2. The Morgan fingerprint density at radius 1 is 1.20 bits per heavy atom. The normalized spacial score (nSPS) is 11.1. The minimum Gasteiger partial charge on any atom is -0.478 e.